The first-order chi connectivity index (χ1) is 13.0. The zero-order valence-electron chi connectivity index (χ0n) is 15.1. The van der Waals surface area contributed by atoms with E-state index in [9.17, 15) is 14.7 Å². The Morgan fingerprint density at radius 3 is 2.44 bits per heavy atom. The molecule has 2 aromatic rings. The molecule has 3 atom stereocenters. The molecule has 0 radical (unpaired) electrons. The molecule has 1 heterocycles. The van der Waals surface area contributed by atoms with E-state index in [4.69, 9.17) is 0 Å². The van der Waals surface area contributed by atoms with E-state index in [1.807, 2.05) is 43.3 Å². The number of nitrogens with zero attached hydrogens (tertiary/aromatic N) is 1. The summed E-state index contributed by atoms with van der Waals surface area (Å²) in [4.78, 5) is 28.1. The fourth-order valence-electron chi connectivity index (χ4n) is 4.55. The van der Waals surface area contributed by atoms with Crippen LogP contribution in [0.25, 0.3) is 0 Å². The van der Waals surface area contributed by atoms with E-state index in [0.717, 1.165) is 5.57 Å². The van der Waals surface area contributed by atoms with Crippen molar-refractivity contribution in [2.75, 3.05) is 4.90 Å². The molecule has 2 aromatic carbocycles. The van der Waals surface area contributed by atoms with Gasteiger partial charge in [0.05, 0.1) is 17.0 Å². The minimum Gasteiger partial charge on any atom is -0.508 e. The molecule has 0 bridgehead atoms. The maximum Gasteiger partial charge on any atom is 0.241 e. The van der Waals surface area contributed by atoms with Gasteiger partial charge in [-0.3, -0.25) is 9.59 Å². The monoisotopic (exact) mass is 359 g/mol. The lowest BCUT2D eigenvalue weighted by Crippen LogP contribution is -2.41. The number of rotatable bonds is 3. The molecule has 4 nitrogen and oxygen atoms in total. The van der Waals surface area contributed by atoms with Crippen LogP contribution >= 0.6 is 0 Å². The average molecular weight is 359 g/mol. The third-order valence-corrected chi connectivity index (χ3v) is 5.93. The van der Waals surface area contributed by atoms with Gasteiger partial charge in [0, 0.05) is 11.5 Å². The van der Waals surface area contributed by atoms with Crippen molar-refractivity contribution in [3.05, 3.63) is 84.5 Å². The van der Waals surface area contributed by atoms with E-state index in [0.29, 0.717) is 17.7 Å². The van der Waals surface area contributed by atoms with Crippen LogP contribution in [0.4, 0.5) is 5.69 Å². The topological polar surface area (TPSA) is 57.6 Å². The summed E-state index contributed by atoms with van der Waals surface area (Å²) in [6.45, 7) is 5.74. The SMILES string of the molecule is C=CC1=CCC2C(=O)N(c3ccccc3)C(=O)C2(C)C1c1ccccc1O. The molecule has 2 amide bonds. The Bertz CT molecular complexity index is 963. The van der Waals surface area contributed by atoms with Crippen LogP contribution in [0.5, 0.6) is 5.75 Å². The maximum absolute atomic E-state index is 13.6. The minimum absolute atomic E-state index is 0.121. The Morgan fingerprint density at radius 2 is 1.78 bits per heavy atom. The predicted molar refractivity (Wildman–Crippen MR) is 104 cm³/mol. The highest BCUT2D eigenvalue weighted by Crippen LogP contribution is 2.57. The van der Waals surface area contributed by atoms with Crippen molar-refractivity contribution >= 4 is 17.5 Å². The van der Waals surface area contributed by atoms with E-state index in [1.54, 1.807) is 30.3 Å². The number of carbonyl (C=O) groups excluding carboxylic acids is 2. The minimum atomic E-state index is -0.982. The molecule has 136 valence electrons. The van der Waals surface area contributed by atoms with Gasteiger partial charge < -0.3 is 5.11 Å². The number of phenols is 1. The highest BCUT2D eigenvalue weighted by atomic mass is 16.3. The normalized spacial score (nSPS) is 27.3. The van der Waals surface area contributed by atoms with Crippen LogP contribution in [-0.2, 0) is 9.59 Å². The van der Waals surface area contributed by atoms with Crippen molar-refractivity contribution in [3.63, 3.8) is 0 Å². The van der Waals surface area contributed by atoms with Gasteiger partial charge in [0.1, 0.15) is 5.75 Å². The van der Waals surface area contributed by atoms with Gasteiger partial charge in [-0.2, -0.15) is 0 Å². The number of amides is 2. The van der Waals surface area contributed by atoms with Crippen molar-refractivity contribution in [3.8, 4) is 5.75 Å². The summed E-state index contributed by atoms with van der Waals surface area (Å²) in [6, 6.07) is 16.0. The van der Waals surface area contributed by atoms with Crippen LogP contribution in [0.3, 0.4) is 0 Å². The fourth-order valence-corrected chi connectivity index (χ4v) is 4.55. The molecule has 27 heavy (non-hydrogen) atoms. The second kappa shape index (κ2) is 6.23. The lowest BCUT2D eigenvalue weighted by atomic mass is 9.60. The number of hydrogen-bond donors (Lipinski definition) is 1. The summed E-state index contributed by atoms with van der Waals surface area (Å²) in [6.07, 6.45) is 4.17. The molecular formula is C23H21NO3. The highest BCUT2D eigenvalue weighted by molar-refractivity contribution is 6.24. The average Bonchev–Trinajstić information content (AvgIpc) is 2.88. The van der Waals surface area contributed by atoms with Crippen LogP contribution in [0.15, 0.2) is 78.9 Å². The largest absolute Gasteiger partial charge is 0.508 e. The van der Waals surface area contributed by atoms with Crippen LogP contribution < -0.4 is 4.90 Å². The third-order valence-electron chi connectivity index (χ3n) is 5.93. The fraction of sp³-hybridized carbons (Fsp3) is 0.217. The lowest BCUT2D eigenvalue weighted by molar-refractivity contribution is -0.127. The number of fused-ring (bicyclic) bond motifs is 1. The number of allylic oxidation sites excluding steroid dienone is 3. The summed E-state index contributed by atoms with van der Waals surface area (Å²) in [7, 11) is 0. The van der Waals surface area contributed by atoms with Crippen molar-refractivity contribution < 1.29 is 14.7 Å². The van der Waals surface area contributed by atoms with E-state index in [2.05, 4.69) is 6.58 Å². The first-order valence-corrected chi connectivity index (χ1v) is 9.04. The van der Waals surface area contributed by atoms with Gasteiger partial charge in [-0.1, -0.05) is 55.1 Å². The maximum atomic E-state index is 13.6. The number of aromatic hydroxyl groups is 1. The Morgan fingerprint density at radius 1 is 1.11 bits per heavy atom. The predicted octanol–water partition coefficient (Wildman–Crippen LogP) is 4.19. The molecule has 3 unspecified atom stereocenters. The summed E-state index contributed by atoms with van der Waals surface area (Å²) in [5.74, 6) is -1.20. The van der Waals surface area contributed by atoms with Crippen LogP contribution in [0, 0.1) is 11.3 Å². The van der Waals surface area contributed by atoms with Crippen LogP contribution in [0.1, 0.15) is 24.8 Å². The summed E-state index contributed by atoms with van der Waals surface area (Å²) in [5.41, 5.74) is 1.11. The lowest BCUT2D eigenvalue weighted by Gasteiger charge is -2.40. The van der Waals surface area contributed by atoms with Crippen molar-refractivity contribution in [1.82, 2.24) is 0 Å². The summed E-state index contributed by atoms with van der Waals surface area (Å²) in [5, 5.41) is 10.5. The first-order valence-electron chi connectivity index (χ1n) is 9.04. The summed E-state index contributed by atoms with van der Waals surface area (Å²) >= 11 is 0. The standard InChI is InChI=1S/C23H21NO3/c1-3-15-13-14-18-21(26)24(16-9-5-4-6-10-16)22(27)23(18,2)20(15)17-11-7-8-12-19(17)25/h3-13,18,20,25H,1,14H2,2H3. The molecule has 1 saturated heterocycles. The molecule has 4 rings (SSSR count). The van der Waals surface area contributed by atoms with Crippen LogP contribution in [-0.4, -0.2) is 16.9 Å². The molecule has 2 aliphatic rings. The molecule has 4 heteroatoms. The number of phenolic OH excluding ortho intramolecular Hbond substituents is 1. The molecule has 1 fully saturated rings. The molecule has 0 spiro atoms. The zero-order valence-corrected chi connectivity index (χ0v) is 15.1. The molecule has 1 aliphatic heterocycles. The number of hydrogen-bond acceptors (Lipinski definition) is 3. The Kier molecular flexibility index (Phi) is 3.99. The van der Waals surface area contributed by atoms with E-state index in [-0.39, 0.29) is 17.6 Å². The second-order valence-electron chi connectivity index (χ2n) is 7.29. The van der Waals surface area contributed by atoms with Crippen LogP contribution in [0.2, 0.25) is 0 Å². The van der Waals surface area contributed by atoms with E-state index >= 15 is 0 Å². The smallest absolute Gasteiger partial charge is 0.241 e. The Labute approximate surface area is 158 Å². The molecule has 1 aliphatic carbocycles. The Hall–Kier alpha value is -3.14. The van der Waals surface area contributed by atoms with Gasteiger partial charge in [0.15, 0.2) is 0 Å². The molecule has 1 N–H and O–H groups in total. The van der Waals surface area contributed by atoms with Crippen molar-refractivity contribution in [2.45, 2.75) is 19.3 Å². The zero-order chi connectivity index (χ0) is 19.2. The molecular weight excluding hydrogens is 338 g/mol. The van der Waals surface area contributed by atoms with Gasteiger partial charge in [-0.15, -0.1) is 0 Å². The number of carbonyl (C=O) groups is 2. The Balaban J connectivity index is 1.90. The number of anilines is 1. The van der Waals surface area contributed by atoms with Gasteiger partial charge in [0.2, 0.25) is 11.8 Å². The second-order valence-corrected chi connectivity index (χ2v) is 7.29. The third kappa shape index (κ3) is 2.36. The molecule has 0 aromatic heterocycles. The van der Waals surface area contributed by atoms with E-state index in [1.165, 1.54) is 4.90 Å². The van der Waals surface area contributed by atoms with Crippen molar-refractivity contribution in [1.29, 1.82) is 0 Å². The van der Waals surface area contributed by atoms with Gasteiger partial charge in [0.25, 0.3) is 0 Å². The number of imide groups is 1. The van der Waals surface area contributed by atoms with Gasteiger partial charge >= 0.3 is 0 Å². The van der Waals surface area contributed by atoms with E-state index < -0.39 is 17.3 Å². The molecule has 0 saturated carbocycles. The highest BCUT2D eigenvalue weighted by Gasteiger charge is 2.62. The number of para-hydroxylation sites is 2. The first kappa shape index (κ1) is 17.3. The number of benzene rings is 2. The quantitative estimate of drug-likeness (QED) is 0.836. The van der Waals surface area contributed by atoms with Gasteiger partial charge in [-0.05, 0) is 37.1 Å². The van der Waals surface area contributed by atoms with Gasteiger partial charge in [-0.25, -0.2) is 4.90 Å². The summed E-state index contributed by atoms with van der Waals surface area (Å²) < 4.78 is 0. The van der Waals surface area contributed by atoms with Crippen molar-refractivity contribution in [2.24, 2.45) is 11.3 Å².